The third-order valence-corrected chi connectivity index (χ3v) is 6.90. The first-order valence-corrected chi connectivity index (χ1v) is 12.1. The summed E-state index contributed by atoms with van der Waals surface area (Å²) in [6.45, 7) is 4.58. The van der Waals surface area contributed by atoms with Crippen LogP contribution < -0.4 is 5.32 Å². The first-order valence-electron chi connectivity index (χ1n) is 12.1. The van der Waals surface area contributed by atoms with Crippen LogP contribution in [0, 0.1) is 5.92 Å². The molecule has 0 spiro atoms. The lowest BCUT2D eigenvalue weighted by Crippen LogP contribution is -2.60. The summed E-state index contributed by atoms with van der Waals surface area (Å²) in [5.41, 5.74) is 2.63. The standard InChI is InChI=1S/C27H35N3O2/c31-26-27(32)30(25(20-28-26)19-23-12-5-2-6-13-23)21-24-14-17-29(18-15-24)16-8-7-11-22-9-3-1-4-10-22/h1-6,9-10,12-13,24-25H,7-8,11,14-21H2,(H,28,31)/t25-/m0/s1. The van der Waals surface area contributed by atoms with Gasteiger partial charge in [0.2, 0.25) is 0 Å². The molecule has 2 aromatic rings. The normalized spacial score (nSPS) is 20.4. The Bertz CT molecular complexity index is 863. The van der Waals surface area contributed by atoms with E-state index in [0.29, 0.717) is 19.0 Å². The van der Waals surface area contributed by atoms with Crippen molar-refractivity contribution in [1.82, 2.24) is 15.1 Å². The van der Waals surface area contributed by atoms with E-state index in [1.807, 2.05) is 23.1 Å². The minimum atomic E-state index is -0.454. The summed E-state index contributed by atoms with van der Waals surface area (Å²) in [6.07, 6.45) is 6.59. The van der Waals surface area contributed by atoms with Crippen molar-refractivity contribution in [2.24, 2.45) is 5.92 Å². The fourth-order valence-electron chi connectivity index (χ4n) is 4.97. The molecule has 2 aliphatic rings. The fraction of sp³-hybridized carbons (Fsp3) is 0.481. The van der Waals surface area contributed by atoms with Crippen LogP contribution >= 0.6 is 0 Å². The van der Waals surface area contributed by atoms with E-state index in [1.165, 1.54) is 24.0 Å². The first-order chi connectivity index (χ1) is 15.7. The number of benzene rings is 2. The molecule has 0 radical (unpaired) electrons. The van der Waals surface area contributed by atoms with Gasteiger partial charge >= 0.3 is 11.8 Å². The van der Waals surface area contributed by atoms with Gasteiger partial charge in [-0.15, -0.1) is 0 Å². The van der Waals surface area contributed by atoms with Crippen molar-refractivity contribution >= 4 is 11.8 Å². The van der Waals surface area contributed by atoms with Crippen LogP contribution in [0.1, 0.15) is 36.8 Å². The molecule has 0 bridgehead atoms. The second kappa shape index (κ2) is 11.3. The van der Waals surface area contributed by atoms with Crippen LogP contribution in [0.2, 0.25) is 0 Å². The van der Waals surface area contributed by atoms with Crippen molar-refractivity contribution < 1.29 is 9.59 Å². The number of carbonyl (C=O) groups is 2. The predicted molar refractivity (Wildman–Crippen MR) is 127 cm³/mol. The second-order valence-electron chi connectivity index (χ2n) is 9.24. The molecule has 5 nitrogen and oxygen atoms in total. The molecule has 2 saturated heterocycles. The van der Waals surface area contributed by atoms with Crippen molar-refractivity contribution in [2.75, 3.05) is 32.7 Å². The molecular formula is C27H35N3O2. The van der Waals surface area contributed by atoms with Gasteiger partial charge in [-0.25, -0.2) is 0 Å². The van der Waals surface area contributed by atoms with E-state index in [4.69, 9.17) is 0 Å². The third-order valence-electron chi connectivity index (χ3n) is 6.90. The molecule has 0 aliphatic carbocycles. The Morgan fingerprint density at radius 2 is 1.50 bits per heavy atom. The van der Waals surface area contributed by atoms with Gasteiger partial charge in [0.15, 0.2) is 0 Å². The number of unbranched alkanes of at least 4 members (excludes halogenated alkanes) is 1. The highest BCUT2D eigenvalue weighted by molar-refractivity contribution is 6.35. The van der Waals surface area contributed by atoms with E-state index < -0.39 is 5.91 Å². The van der Waals surface area contributed by atoms with Crippen LogP contribution in [0.25, 0.3) is 0 Å². The Kier molecular flexibility index (Phi) is 7.94. The van der Waals surface area contributed by atoms with Gasteiger partial charge in [-0.1, -0.05) is 60.7 Å². The van der Waals surface area contributed by atoms with Crippen molar-refractivity contribution in [3.8, 4) is 0 Å². The Labute approximate surface area is 191 Å². The number of amides is 2. The molecule has 4 rings (SSSR count). The number of hydrogen-bond donors (Lipinski definition) is 1. The highest BCUT2D eigenvalue weighted by atomic mass is 16.2. The van der Waals surface area contributed by atoms with E-state index in [9.17, 15) is 9.59 Å². The van der Waals surface area contributed by atoms with Gasteiger partial charge in [-0.2, -0.15) is 0 Å². The maximum Gasteiger partial charge on any atom is 0.312 e. The van der Waals surface area contributed by atoms with Gasteiger partial charge in [-0.3, -0.25) is 9.59 Å². The Morgan fingerprint density at radius 1 is 0.844 bits per heavy atom. The topological polar surface area (TPSA) is 52.7 Å². The Morgan fingerprint density at radius 3 is 2.19 bits per heavy atom. The SMILES string of the molecule is O=C1NC[C@H](Cc2ccccc2)N(CC2CCN(CCCCc3ccccc3)CC2)C1=O. The van der Waals surface area contributed by atoms with Gasteiger partial charge in [-0.05, 0) is 75.2 Å². The Balaban J connectivity index is 1.22. The van der Waals surface area contributed by atoms with Crippen molar-refractivity contribution in [1.29, 1.82) is 0 Å². The number of rotatable bonds is 9. The number of carbonyl (C=O) groups excluding carboxylic acids is 2. The lowest BCUT2D eigenvalue weighted by molar-refractivity contribution is -0.151. The highest BCUT2D eigenvalue weighted by Crippen LogP contribution is 2.22. The first kappa shape index (κ1) is 22.5. The zero-order valence-corrected chi connectivity index (χ0v) is 18.9. The number of piperidine rings is 1. The van der Waals surface area contributed by atoms with Crippen molar-refractivity contribution in [2.45, 2.75) is 44.6 Å². The van der Waals surface area contributed by atoms with Crippen molar-refractivity contribution in [3.05, 3.63) is 71.8 Å². The number of piperazine rings is 1. The summed E-state index contributed by atoms with van der Waals surface area (Å²) < 4.78 is 0. The zero-order valence-electron chi connectivity index (χ0n) is 18.9. The Hall–Kier alpha value is -2.66. The molecule has 2 aromatic carbocycles. The van der Waals surface area contributed by atoms with Gasteiger partial charge in [0.05, 0.1) is 6.04 Å². The summed E-state index contributed by atoms with van der Waals surface area (Å²) >= 11 is 0. The van der Waals surface area contributed by atoms with E-state index in [-0.39, 0.29) is 11.9 Å². The number of nitrogens with zero attached hydrogens (tertiary/aromatic N) is 2. The van der Waals surface area contributed by atoms with Crippen LogP contribution in [-0.2, 0) is 22.4 Å². The molecule has 2 aliphatic heterocycles. The molecule has 0 aromatic heterocycles. The van der Waals surface area contributed by atoms with Crippen LogP contribution in [0.4, 0.5) is 0 Å². The second-order valence-corrected chi connectivity index (χ2v) is 9.24. The van der Waals surface area contributed by atoms with Gasteiger partial charge in [0.1, 0.15) is 0 Å². The summed E-state index contributed by atoms with van der Waals surface area (Å²) in [7, 11) is 0. The van der Waals surface area contributed by atoms with Crippen molar-refractivity contribution in [3.63, 3.8) is 0 Å². The average molecular weight is 434 g/mol. The number of likely N-dealkylation sites (tertiary alicyclic amines) is 1. The lowest BCUT2D eigenvalue weighted by Gasteiger charge is -2.40. The third kappa shape index (κ3) is 6.19. The summed E-state index contributed by atoms with van der Waals surface area (Å²) in [6, 6.07) is 21.0. The molecule has 1 atom stereocenters. The summed E-state index contributed by atoms with van der Waals surface area (Å²) in [5.74, 6) is -0.339. The maximum absolute atomic E-state index is 12.7. The largest absolute Gasteiger partial charge is 0.346 e. The number of hydrogen-bond acceptors (Lipinski definition) is 3. The molecule has 0 unspecified atom stereocenters. The van der Waals surface area contributed by atoms with E-state index in [2.05, 4.69) is 52.7 Å². The van der Waals surface area contributed by atoms with Crippen LogP contribution in [0.15, 0.2) is 60.7 Å². The van der Waals surface area contributed by atoms with Crippen LogP contribution in [-0.4, -0.2) is 60.4 Å². The average Bonchev–Trinajstić information content (AvgIpc) is 2.84. The molecule has 2 heterocycles. The summed E-state index contributed by atoms with van der Waals surface area (Å²) in [4.78, 5) is 29.1. The molecule has 0 saturated carbocycles. The highest BCUT2D eigenvalue weighted by Gasteiger charge is 2.35. The molecule has 5 heteroatoms. The van der Waals surface area contributed by atoms with E-state index in [0.717, 1.165) is 45.3 Å². The molecule has 2 amide bonds. The molecular weight excluding hydrogens is 398 g/mol. The molecule has 32 heavy (non-hydrogen) atoms. The number of nitrogens with one attached hydrogen (secondary N) is 1. The van der Waals surface area contributed by atoms with Gasteiger partial charge in [0.25, 0.3) is 0 Å². The van der Waals surface area contributed by atoms with Crippen LogP contribution in [0.5, 0.6) is 0 Å². The molecule has 1 N–H and O–H groups in total. The molecule has 2 fully saturated rings. The minimum Gasteiger partial charge on any atom is -0.346 e. The minimum absolute atomic E-state index is 0.0404. The van der Waals surface area contributed by atoms with Gasteiger partial charge < -0.3 is 15.1 Å². The molecule has 170 valence electrons. The van der Waals surface area contributed by atoms with E-state index >= 15 is 0 Å². The fourth-order valence-corrected chi connectivity index (χ4v) is 4.97. The summed E-state index contributed by atoms with van der Waals surface area (Å²) in [5, 5.41) is 2.78. The predicted octanol–water partition coefficient (Wildman–Crippen LogP) is 3.29. The zero-order chi connectivity index (χ0) is 22.2. The number of aryl methyl sites for hydroxylation is 1. The monoisotopic (exact) mass is 433 g/mol. The van der Waals surface area contributed by atoms with E-state index in [1.54, 1.807) is 0 Å². The lowest BCUT2D eigenvalue weighted by atomic mass is 9.93. The smallest absolute Gasteiger partial charge is 0.312 e. The quantitative estimate of drug-likeness (QED) is 0.488. The van der Waals surface area contributed by atoms with Crippen LogP contribution in [0.3, 0.4) is 0 Å². The maximum atomic E-state index is 12.7. The van der Waals surface area contributed by atoms with Gasteiger partial charge in [0, 0.05) is 13.1 Å².